The first-order valence-corrected chi connectivity index (χ1v) is 6.49. The molecule has 0 amide bonds. The van der Waals surface area contributed by atoms with Crippen LogP contribution in [-0.4, -0.2) is 20.1 Å². The first-order valence-electron chi connectivity index (χ1n) is 6.49. The van der Waals surface area contributed by atoms with Crippen LogP contribution in [0, 0.1) is 0 Å². The molecule has 0 aromatic heterocycles. The third-order valence-electron chi connectivity index (χ3n) is 2.93. The van der Waals surface area contributed by atoms with E-state index in [1.807, 2.05) is 7.05 Å². The quantitative estimate of drug-likeness (QED) is 0.740. The number of rotatable bonds is 6. The van der Waals surface area contributed by atoms with Gasteiger partial charge in [0.15, 0.2) is 0 Å². The van der Waals surface area contributed by atoms with Crippen molar-refractivity contribution in [1.29, 1.82) is 0 Å². The second-order valence-corrected chi connectivity index (χ2v) is 5.58. The Labute approximate surface area is 106 Å². The smallest absolute Gasteiger partial charge is 0.0205 e. The van der Waals surface area contributed by atoms with Crippen LogP contribution in [0.15, 0.2) is 24.3 Å². The fraction of sp³-hybridized carbons (Fsp3) is 0.600. The molecule has 1 aromatic rings. The van der Waals surface area contributed by atoms with Gasteiger partial charge < -0.3 is 10.6 Å². The van der Waals surface area contributed by atoms with Gasteiger partial charge in [0.1, 0.15) is 0 Å². The summed E-state index contributed by atoms with van der Waals surface area (Å²) in [6, 6.07) is 8.94. The summed E-state index contributed by atoms with van der Waals surface area (Å²) in [5, 5.41) is 6.61. The molecule has 17 heavy (non-hydrogen) atoms. The van der Waals surface area contributed by atoms with E-state index in [9.17, 15) is 0 Å². The molecule has 2 nitrogen and oxygen atoms in total. The second kappa shape index (κ2) is 6.77. The summed E-state index contributed by atoms with van der Waals surface area (Å²) in [6.07, 6.45) is 1.18. The lowest BCUT2D eigenvalue weighted by molar-refractivity contribution is 0.589. The normalized spacial score (nSPS) is 11.8. The van der Waals surface area contributed by atoms with Crippen molar-refractivity contribution in [1.82, 2.24) is 10.6 Å². The Balaban J connectivity index is 2.36. The molecule has 0 heterocycles. The Kier molecular flexibility index (Phi) is 5.66. The van der Waals surface area contributed by atoms with E-state index in [0.717, 1.165) is 19.6 Å². The highest BCUT2D eigenvalue weighted by molar-refractivity contribution is 5.27. The van der Waals surface area contributed by atoms with Gasteiger partial charge >= 0.3 is 0 Å². The van der Waals surface area contributed by atoms with Crippen LogP contribution >= 0.6 is 0 Å². The van der Waals surface area contributed by atoms with Gasteiger partial charge in [0.25, 0.3) is 0 Å². The number of benzene rings is 1. The topological polar surface area (TPSA) is 24.1 Å². The van der Waals surface area contributed by atoms with Gasteiger partial charge in [0, 0.05) is 6.54 Å². The lowest BCUT2D eigenvalue weighted by Crippen LogP contribution is -2.19. The maximum absolute atomic E-state index is 3.45. The van der Waals surface area contributed by atoms with Gasteiger partial charge in [-0.3, -0.25) is 0 Å². The van der Waals surface area contributed by atoms with Crippen molar-refractivity contribution >= 4 is 0 Å². The average Bonchev–Trinajstić information content (AvgIpc) is 2.28. The summed E-state index contributed by atoms with van der Waals surface area (Å²) in [5.74, 6) is 0. The van der Waals surface area contributed by atoms with Gasteiger partial charge in [-0.2, -0.15) is 0 Å². The molecule has 0 saturated heterocycles. The van der Waals surface area contributed by atoms with Gasteiger partial charge in [-0.05, 0) is 43.1 Å². The Hall–Kier alpha value is -0.860. The van der Waals surface area contributed by atoms with Crippen LogP contribution in [0.5, 0.6) is 0 Å². The first-order chi connectivity index (χ1) is 8.04. The van der Waals surface area contributed by atoms with Crippen LogP contribution in [0.4, 0.5) is 0 Å². The van der Waals surface area contributed by atoms with E-state index < -0.39 is 0 Å². The van der Waals surface area contributed by atoms with Crippen LogP contribution in [-0.2, 0) is 12.0 Å². The highest BCUT2D eigenvalue weighted by atomic mass is 14.9. The Morgan fingerprint density at radius 2 is 1.65 bits per heavy atom. The van der Waals surface area contributed by atoms with Crippen LogP contribution in [0.2, 0.25) is 0 Å². The predicted molar refractivity (Wildman–Crippen MR) is 75.4 cm³/mol. The molecule has 0 atom stereocenters. The second-order valence-electron chi connectivity index (χ2n) is 5.58. The van der Waals surface area contributed by atoms with E-state index in [0.29, 0.717) is 0 Å². The van der Waals surface area contributed by atoms with Crippen molar-refractivity contribution in [3.8, 4) is 0 Å². The summed E-state index contributed by atoms with van der Waals surface area (Å²) < 4.78 is 0. The molecule has 0 aliphatic rings. The Morgan fingerprint density at radius 3 is 2.18 bits per heavy atom. The van der Waals surface area contributed by atoms with Crippen LogP contribution in [0.25, 0.3) is 0 Å². The zero-order valence-corrected chi connectivity index (χ0v) is 11.6. The molecule has 0 bridgehead atoms. The van der Waals surface area contributed by atoms with E-state index in [1.54, 1.807) is 0 Å². The van der Waals surface area contributed by atoms with E-state index >= 15 is 0 Å². The molecule has 1 rings (SSSR count). The van der Waals surface area contributed by atoms with Gasteiger partial charge in [0.2, 0.25) is 0 Å². The SMILES string of the molecule is CNCCCNCc1ccc(C(C)(C)C)cc1. The Bertz CT molecular complexity index is 309. The molecular weight excluding hydrogens is 208 g/mol. The van der Waals surface area contributed by atoms with Crippen molar-refractivity contribution in [2.45, 2.75) is 39.2 Å². The molecule has 0 spiro atoms. The molecule has 2 heteroatoms. The number of hydrogen-bond acceptors (Lipinski definition) is 2. The van der Waals surface area contributed by atoms with Crippen LogP contribution in [0.3, 0.4) is 0 Å². The standard InChI is InChI=1S/C15H26N2/c1-15(2,3)14-8-6-13(7-9-14)12-17-11-5-10-16-4/h6-9,16-17H,5,10-12H2,1-4H3. The zero-order valence-electron chi connectivity index (χ0n) is 11.6. The Morgan fingerprint density at radius 1 is 1.00 bits per heavy atom. The monoisotopic (exact) mass is 234 g/mol. The van der Waals surface area contributed by atoms with Crippen LogP contribution in [0.1, 0.15) is 38.3 Å². The fourth-order valence-corrected chi connectivity index (χ4v) is 1.75. The van der Waals surface area contributed by atoms with Gasteiger partial charge in [0.05, 0.1) is 0 Å². The molecule has 0 fully saturated rings. The van der Waals surface area contributed by atoms with Crippen molar-refractivity contribution in [2.75, 3.05) is 20.1 Å². The van der Waals surface area contributed by atoms with Gasteiger partial charge in [-0.25, -0.2) is 0 Å². The molecule has 2 N–H and O–H groups in total. The number of nitrogens with one attached hydrogen (secondary N) is 2. The minimum atomic E-state index is 0.249. The predicted octanol–water partition coefficient (Wildman–Crippen LogP) is 2.68. The third kappa shape index (κ3) is 5.33. The lowest BCUT2D eigenvalue weighted by atomic mass is 9.87. The van der Waals surface area contributed by atoms with E-state index in [1.165, 1.54) is 17.5 Å². The lowest BCUT2D eigenvalue weighted by Gasteiger charge is -2.19. The molecule has 0 aliphatic carbocycles. The molecule has 0 aliphatic heterocycles. The summed E-state index contributed by atoms with van der Waals surface area (Å²) in [7, 11) is 1.99. The van der Waals surface area contributed by atoms with Crippen molar-refractivity contribution < 1.29 is 0 Å². The maximum atomic E-state index is 3.45. The molecule has 96 valence electrons. The molecular formula is C15H26N2. The minimum Gasteiger partial charge on any atom is -0.320 e. The highest BCUT2D eigenvalue weighted by Gasteiger charge is 2.12. The van der Waals surface area contributed by atoms with Crippen LogP contribution < -0.4 is 10.6 Å². The summed E-state index contributed by atoms with van der Waals surface area (Å²) >= 11 is 0. The van der Waals surface area contributed by atoms with E-state index in [4.69, 9.17) is 0 Å². The molecule has 0 radical (unpaired) electrons. The van der Waals surface area contributed by atoms with Crippen molar-refractivity contribution in [3.63, 3.8) is 0 Å². The first kappa shape index (κ1) is 14.2. The molecule has 1 aromatic carbocycles. The van der Waals surface area contributed by atoms with E-state index in [2.05, 4.69) is 55.7 Å². The van der Waals surface area contributed by atoms with Gasteiger partial charge in [-0.15, -0.1) is 0 Å². The van der Waals surface area contributed by atoms with Crippen molar-refractivity contribution in [2.24, 2.45) is 0 Å². The third-order valence-corrected chi connectivity index (χ3v) is 2.93. The highest BCUT2D eigenvalue weighted by Crippen LogP contribution is 2.21. The fourth-order valence-electron chi connectivity index (χ4n) is 1.75. The minimum absolute atomic E-state index is 0.249. The number of hydrogen-bond donors (Lipinski definition) is 2. The summed E-state index contributed by atoms with van der Waals surface area (Å²) in [5.41, 5.74) is 3.01. The molecule has 0 saturated carbocycles. The summed E-state index contributed by atoms with van der Waals surface area (Å²) in [6.45, 7) is 9.86. The van der Waals surface area contributed by atoms with Gasteiger partial charge in [-0.1, -0.05) is 45.0 Å². The summed E-state index contributed by atoms with van der Waals surface area (Å²) in [4.78, 5) is 0. The van der Waals surface area contributed by atoms with E-state index in [-0.39, 0.29) is 5.41 Å². The zero-order chi connectivity index (χ0) is 12.7. The largest absolute Gasteiger partial charge is 0.320 e. The molecule has 0 unspecified atom stereocenters. The average molecular weight is 234 g/mol. The maximum Gasteiger partial charge on any atom is 0.0205 e. The van der Waals surface area contributed by atoms with Crippen molar-refractivity contribution in [3.05, 3.63) is 35.4 Å².